The van der Waals surface area contributed by atoms with Crippen molar-refractivity contribution in [2.45, 2.75) is 13.0 Å². The smallest absolute Gasteiger partial charge is 0.297 e. The summed E-state index contributed by atoms with van der Waals surface area (Å²) in [6, 6.07) is 11.9. The van der Waals surface area contributed by atoms with Crippen LogP contribution in [0.4, 0.5) is 5.13 Å². The van der Waals surface area contributed by atoms with E-state index >= 15 is 0 Å². The lowest BCUT2D eigenvalue weighted by Gasteiger charge is -2.23. The number of benzene rings is 2. The molecule has 0 aliphatic carbocycles. The van der Waals surface area contributed by atoms with Crippen molar-refractivity contribution in [1.29, 1.82) is 0 Å². The van der Waals surface area contributed by atoms with E-state index in [9.17, 15) is 9.59 Å². The number of carbonyl (C=O) groups is 1. The molecule has 1 atom stereocenters. The fourth-order valence-electron chi connectivity index (χ4n) is 3.73. The Morgan fingerprint density at radius 3 is 2.87 bits per heavy atom. The lowest BCUT2D eigenvalue weighted by atomic mass is 9.98. The molecule has 0 saturated carbocycles. The van der Waals surface area contributed by atoms with Gasteiger partial charge in [-0.2, -0.15) is 0 Å². The second-order valence-electron chi connectivity index (χ2n) is 6.71. The molecule has 0 bridgehead atoms. The molecule has 8 heteroatoms. The third-order valence-electron chi connectivity index (χ3n) is 4.94. The summed E-state index contributed by atoms with van der Waals surface area (Å²) in [5.74, 6) is 0.341. The number of hydrogen-bond acceptors (Lipinski definition) is 6. The number of amides is 1. The summed E-state index contributed by atoms with van der Waals surface area (Å²) in [6.07, 6.45) is 1.63. The number of hydrogen-bond donors (Lipinski definition) is 0. The number of thiazole rings is 1. The number of halogens is 1. The van der Waals surface area contributed by atoms with Crippen LogP contribution >= 0.6 is 27.3 Å². The SMILES string of the molecule is CCOc1cccc([C@H]2c3c(oc4ccc(Br)cc4c3=O)C(=O)N2c2nccs2)c1. The highest BCUT2D eigenvalue weighted by molar-refractivity contribution is 9.10. The van der Waals surface area contributed by atoms with Gasteiger partial charge in [0.1, 0.15) is 11.3 Å². The Balaban J connectivity index is 1.80. The van der Waals surface area contributed by atoms with Gasteiger partial charge in [-0.05, 0) is 42.8 Å². The minimum atomic E-state index is -0.654. The normalized spacial score (nSPS) is 15.6. The van der Waals surface area contributed by atoms with E-state index in [-0.39, 0.29) is 17.1 Å². The van der Waals surface area contributed by atoms with E-state index in [1.807, 2.05) is 31.2 Å². The molecular formula is C22H15BrN2O4S. The maximum absolute atomic E-state index is 13.5. The highest BCUT2D eigenvalue weighted by Crippen LogP contribution is 2.42. The summed E-state index contributed by atoms with van der Waals surface area (Å²) in [6.45, 7) is 2.42. The Labute approximate surface area is 183 Å². The Bertz CT molecular complexity index is 1330. The molecule has 2 aromatic carbocycles. The predicted octanol–water partition coefficient (Wildman–Crippen LogP) is 5.16. The Morgan fingerprint density at radius 1 is 1.23 bits per heavy atom. The monoisotopic (exact) mass is 482 g/mol. The van der Waals surface area contributed by atoms with Crippen LogP contribution in [0, 0.1) is 0 Å². The zero-order chi connectivity index (χ0) is 20.8. The van der Waals surface area contributed by atoms with Crippen molar-refractivity contribution in [3.8, 4) is 5.75 Å². The lowest BCUT2D eigenvalue weighted by Crippen LogP contribution is -2.29. The lowest BCUT2D eigenvalue weighted by molar-refractivity contribution is 0.0971. The molecule has 30 heavy (non-hydrogen) atoms. The molecule has 150 valence electrons. The van der Waals surface area contributed by atoms with Crippen molar-refractivity contribution < 1.29 is 13.9 Å². The first kappa shape index (κ1) is 19.0. The van der Waals surface area contributed by atoms with Crippen LogP contribution in [-0.2, 0) is 0 Å². The fourth-order valence-corrected chi connectivity index (χ4v) is 4.76. The average molecular weight is 483 g/mol. The van der Waals surface area contributed by atoms with E-state index in [0.717, 1.165) is 10.0 Å². The highest BCUT2D eigenvalue weighted by atomic mass is 79.9. The largest absolute Gasteiger partial charge is 0.494 e. The summed E-state index contributed by atoms with van der Waals surface area (Å²) in [5, 5.41) is 2.72. The molecule has 0 saturated heterocycles. The molecule has 3 heterocycles. The van der Waals surface area contributed by atoms with Gasteiger partial charge in [0.2, 0.25) is 5.76 Å². The van der Waals surface area contributed by atoms with Crippen molar-refractivity contribution in [2.75, 3.05) is 11.5 Å². The number of rotatable bonds is 4. The third-order valence-corrected chi connectivity index (χ3v) is 6.21. The Morgan fingerprint density at radius 2 is 2.10 bits per heavy atom. The summed E-state index contributed by atoms with van der Waals surface area (Å²) < 4.78 is 12.3. The molecular weight excluding hydrogens is 468 g/mol. The van der Waals surface area contributed by atoms with Crippen molar-refractivity contribution in [3.63, 3.8) is 0 Å². The molecule has 1 amide bonds. The van der Waals surface area contributed by atoms with Gasteiger partial charge < -0.3 is 9.15 Å². The third kappa shape index (κ3) is 2.95. The number of anilines is 1. The first-order valence-corrected chi connectivity index (χ1v) is 11.0. The molecule has 0 radical (unpaired) electrons. The highest BCUT2D eigenvalue weighted by Gasteiger charge is 2.44. The van der Waals surface area contributed by atoms with Gasteiger partial charge in [0, 0.05) is 16.0 Å². The minimum Gasteiger partial charge on any atom is -0.494 e. The minimum absolute atomic E-state index is 0.0526. The molecule has 0 N–H and O–H groups in total. The van der Waals surface area contributed by atoms with Crippen LogP contribution in [0.3, 0.4) is 0 Å². The van der Waals surface area contributed by atoms with Crippen LogP contribution in [0.5, 0.6) is 5.75 Å². The molecule has 6 nitrogen and oxygen atoms in total. The number of fused-ring (bicyclic) bond motifs is 2. The summed E-state index contributed by atoms with van der Waals surface area (Å²) in [5.41, 5.74) is 1.21. The molecule has 1 aliphatic rings. The van der Waals surface area contributed by atoms with Gasteiger partial charge in [-0.25, -0.2) is 4.98 Å². The van der Waals surface area contributed by atoms with Crippen molar-refractivity contribution >= 4 is 49.3 Å². The first-order valence-electron chi connectivity index (χ1n) is 9.30. The maximum atomic E-state index is 13.5. The topological polar surface area (TPSA) is 72.6 Å². The molecule has 5 rings (SSSR count). The van der Waals surface area contributed by atoms with Crippen LogP contribution in [0.15, 0.2) is 67.7 Å². The van der Waals surface area contributed by atoms with Gasteiger partial charge in [-0.15, -0.1) is 11.3 Å². The zero-order valence-electron chi connectivity index (χ0n) is 15.8. The molecule has 4 aromatic rings. The van der Waals surface area contributed by atoms with Crippen molar-refractivity contribution in [1.82, 2.24) is 4.98 Å². The molecule has 0 unspecified atom stereocenters. The van der Waals surface area contributed by atoms with Crippen LogP contribution < -0.4 is 15.1 Å². The van der Waals surface area contributed by atoms with Crippen molar-refractivity contribution in [2.24, 2.45) is 0 Å². The Kier molecular flexibility index (Phi) is 4.67. The van der Waals surface area contributed by atoms with E-state index < -0.39 is 6.04 Å². The van der Waals surface area contributed by atoms with Gasteiger partial charge in [0.05, 0.1) is 23.6 Å². The van der Waals surface area contributed by atoms with Gasteiger partial charge in [-0.1, -0.05) is 28.1 Å². The van der Waals surface area contributed by atoms with E-state index in [2.05, 4.69) is 20.9 Å². The maximum Gasteiger partial charge on any atom is 0.297 e. The van der Waals surface area contributed by atoms with Gasteiger partial charge in [-0.3, -0.25) is 14.5 Å². The van der Waals surface area contributed by atoms with Crippen LogP contribution in [0.25, 0.3) is 11.0 Å². The number of ether oxygens (including phenoxy) is 1. The summed E-state index contributed by atoms with van der Waals surface area (Å²) in [7, 11) is 0. The fraction of sp³-hybridized carbons (Fsp3) is 0.136. The van der Waals surface area contributed by atoms with E-state index in [1.165, 1.54) is 16.2 Å². The van der Waals surface area contributed by atoms with Gasteiger partial charge in [0.25, 0.3) is 5.91 Å². The number of nitrogens with zero attached hydrogens (tertiary/aromatic N) is 2. The first-order chi connectivity index (χ1) is 14.6. The second kappa shape index (κ2) is 7.37. The van der Waals surface area contributed by atoms with E-state index in [1.54, 1.807) is 29.8 Å². The summed E-state index contributed by atoms with van der Waals surface area (Å²) >= 11 is 4.74. The molecule has 1 aliphatic heterocycles. The second-order valence-corrected chi connectivity index (χ2v) is 8.50. The van der Waals surface area contributed by atoms with Crippen molar-refractivity contribution in [3.05, 3.63) is 85.6 Å². The molecule has 2 aromatic heterocycles. The average Bonchev–Trinajstić information content (AvgIpc) is 3.36. The van der Waals surface area contributed by atoms with E-state index in [4.69, 9.17) is 9.15 Å². The zero-order valence-corrected chi connectivity index (χ0v) is 18.2. The van der Waals surface area contributed by atoms with Crippen LogP contribution in [-0.4, -0.2) is 17.5 Å². The Hall–Kier alpha value is -2.97. The van der Waals surface area contributed by atoms with Gasteiger partial charge >= 0.3 is 0 Å². The number of carbonyl (C=O) groups excluding carboxylic acids is 1. The van der Waals surface area contributed by atoms with Gasteiger partial charge in [0.15, 0.2) is 10.6 Å². The number of aromatic nitrogens is 1. The van der Waals surface area contributed by atoms with E-state index in [0.29, 0.717) is 34.0 Å². The molecule has 0 spiro atoms. The van der Waals surface area contributed by atoms with Crippen LogP contribution in [0.2, 0.25) is 0 Å². The van der Waals surface area contributed by atoms with Crippen LogP contribution in [0.1, 0.15) is 34.6 Å². The molecule has 0 fully saturated rings. The predicted molar refractivity (Wildman–Crippen MR) is 119 cm³/mol. The standard InChI is InChI=1S/C22H15BrN2O4S/c1-2-28-14-5-3-4-12(10-14)18-17-19(26)15-11-13(23)6-7-16(15)29-20(17)21(27)25(18)22-24-8-9-30-22/h3-11,18H,2H2,1H3/t18-/m0/s1. The summed E-state index contributed by atoms with van der Waals surface area (Å²) in [4.78, 5) is 32.7. The quantitative estimate of drug-likeness (QED) is 0.401.